The number of hydrogen-bond acceptors (Lipinski definition) is 5. The van der Waals surface area contributed by atoms with Gasteiger partial charge in [0.15, 0.2) is 18.1 Å². The second-order valence-electron chi connectivity index (χ2n) is 2.79. The predicted octanol–water partition coefficient (Wildman–Crippen LogP) is 1.06. The van der Waals surface area contributed by atoms with Crippen molar-refractivity contribution in [2.24, 2.45) is 0 Å². The number of hydrogen-bond donors (Lipinski definition) is 0. The molecule has 87 valence electrons. The lowest BCUT2D eigenvalue weighted by Gasteiger charge is -2.12. The Morgan fingerprint density at radius 2 is 1.75 bits per heavy atom. The van der Waals surface area contributed by atoms with Gasteiger partial charge in [-0.25, -0.2) is 4.79 Å². The minimum atomic E-state index is -0.475. The highest BCUT2D eigenvalue weighted by molar-refractivity contribution is 5.71. The first kappa shape index (κ1) is 12.2. The summed E-state index contributed by atoms with van der Waals surface area (Å²) in [6, 6.07) is 6.01. The normalized spacial score (nSPS) is 9.44. The average Bonchev–Trinajstić information content (AvgIpc) is 2.35. The van der Waals surface area contributed by atoms with Crippen LogP contribution in [0.4, 0.5) is 0 Å². The van der Waals surface area contributed by atoms with E-state index < -0.39 is 5.97 Å². The molecule has 0 N–H and O–H groups in total. The molecule has 0 aliphatic heterocycles. The van der Waals surface area contributed by atoms with Crippen LogP contribution in [-0.2, 0) is 9.53 Å². The Bertz CT molecular complexity index is 339. The maximum Gasteiger partial charge on any atom is 0.343 e. The molecule has 1 aromatic rings. The summed E-state index contributed by atoms with van der Waals surface area (Å²) in [4.78, 5) is 10.9. The molecule has 0 aliphatic rings. The molecule has 0 bridgehead atoms. The zero-order valence-corrected chi connectivity index (χ0v) is 9.40. The van der Waals surface area contributed by atoms with Crippen LogP contribution >= 0.6 is 0 Å². The third-order valence-corrected chi connectivity index (χ3v) is 1.88. The van der Waals surface area contributed by atoms with Crippen molar-refractivity contribution in [1.29, 1.82) is 0 Å². The summed E-state index contributed by atoms with van der Waals surface area (Å²) in [6.45, 7) is -0.201. The number of esters is 1. The highest BCUT2D eigenvalue weighted by Gasteiger charge is 2.13. The second kappa shape index (κ2) is 5.85. The molecule has 5 nitrogen and oxygen atoms in total. The number of carbonyl (C=O) groups is 1. The van der Waals surface area contributed by atoms with Crippen LogP contribution < -0.4 is 14.2 Å². The summed E-state index contributed by atoms with van der Waals surface area (Å²) in [7, 11) is 4.28. The van der Waals surface area contributed by atoms with Crippen LogP contribution in [0.2, 0.25) is 0 Å². The molecule has 0 unspecified atom stereocenters. The summed E-state index contributed by atoms with van der Waals surface area (Å²) in [5.74, 6) is 0.776. The molecule has 1 radical (unpaired) electrons. The average molecular weight is 225 g/mol. The standard InChI is InChI=1S/C11H13O5/c1-13-8-5-4-6-9(14-2)11(8)16-7-10(12)15-3/h5-6H,7H2,1-3H3. The van der Waals surface area contributed by atoms with Crippen LogP contribution in [0.1, 0.15) is 0 Å². The molecule has 1 rings (SSSR count). The quantitative estimate of drug-likeness (QED) is 0.701. The van der Waals surface area contributed by atoms with Crippen LogP contribution in [0.3, 0.4) is 0 Å². The SMILES string of the molecule is COC(=O)COc1c(OC)c[c]cc1OC. The van der Waals surface area contributed by atoms with E-state index in [1.807, 2.05) is 0 Å². The Kier molecular flexibility index (Phi) is 4.44. The maximum absolute atomic E-state index is 10.9. The van der Waals surface area contributed by atoms with E-state index in [0.29, 0.717) is 17.2 Å². The zero-order chi connectivity index (χ0) is 12.0. The van der Waals surface area contributed by atoms with Gasteiger partial charge < -0.3 is 18.9 Å². The second-order valence-corrected chi connectivity index (χ2v) is 2.79. The minimum Gasteiger partial charge on any atom is -0.493 e. The molecule has 0 heterocycles. The number of rotatable bonds is 5. The van der Waals surface area contributed by atoms with Gasteiger partial charge in [0.1, 0.15) is 0 Å². The fourth-order valence-electron chi connectivity index (χ4n) is 1.08. The van der Waals surface area contributed by atoms with Crippen molar-refractivity contribution in [2.45, 2.75) is 0 Å². The fourth-order valence-corrected chi connectivity index (χ4v) is 1.08. The van der Waals surface area contributed by atoms with Crippen LogP contribution in [0.25, 0.3) is 0 Å². The molecular formula is C11H13O5. The third kappa shape index (κ3) is 2.79. The molecule has 5 heteroatoms. The predicted molar refractivity (Wildman–Crippen MR) is 55.9 cm³/mol. The highest BCUT2D eigenvalue weighted by atomic mass is 16.6. The van der Waals surface area contributed by atoms with Gasteiger partial charge in [0.25, 0.3) is 0 Å². The van der Waals surface area contributed by atoms with Crippen molar-refractivity contribution in [3.8, 4) is 17.2 Å². The minimum absolute atomic E-state index is 0.201. The first-order valence-electron chi connectivity index (χ1n) is 4.54. The van der Waals surface area contributed by atoms with E-state index in [1.165, 1.54) is 21.3 Å². The lowest BCUT2D eigenvalue weighted by Crippen LogP contribution is -2.13. The van der Waals surface area contributed by atoms with Crippen LogP contribution in [0.5, 0.6) is 17.2 Å². The van der Waals surface area contributed by atoms with Crippen molar-refractivity contribution in [3.05, 3.63) is 18.2 Å². The lowest BCUT2D eigenvalue weighted by atomic mass is 10.3. The van der Waals surface area contributed by atoms with Crippen LogP contribution in [0.15, 0.2) is 12.1 Å². The van der Waals surface area contributed by atoms with Gasteiger partial charge in [-0.05, 0) is 18.2 Å². The first-order valence-corrected chi connectivity index (χ1v) is 4.54. The lowest BCUT2D eigenvalue weighted by molar-refractivity contribution is -0.142. The van der Waals surface area contributed by atoms with E-state index >= 15 is 0 Å². The molecule has 0 aliphatic carbocycles. The Hall–Kier alpha value is -1.91. The Morgan fingerprint density at radius 3 is 2.19 bits per heavy atom. The van der Waals surface area contributed by atoms with Gasteiger partial charge in [0, 0.05) is 0 Å². The Balaban J connectivity index is 2.86. The molecule has 0 amide bonds. The molecule has 0 saturated heterocycles. The molecular weight excluding hydrogens is 212 g/mol. The fraction of sp³-hybridized carbons (Fsp3) is 0.364. The van der Waals surface area contributed by atoms with Gasteiger partial charge in [-0.15, -0.1) is 0 Å². The molecule has 0 spiro atoms. The van der Waals surface area contributed by atoms with Gasteiger partial charge in [-0.1, -0.05) is 0 Å². The topological polar surface area (TPSA) is 54.0 Å². The van der Waals surface area contributed by atoms with Crippen molar-refractivity contribution >= 4 is 5.97 Å². The highest BCUT2D eigenvalue weighted by Crippen LogP contribution is 2.36. The van der Waals surface area contributed by atoms with E-state index in [-0.39, 0.29) is 6.61 Å². The first-order chi connectivity index (χ1) is 7.72. The van der Waals surface area contributed by atoms with Crippen molar-refractivity contribution in [1.82, 2.24) is 0 Å². The van der Waals surface area contributed by atoms with Crippen molar-refractivity contribution < 1.29 is 23.7 Å². The summed E-state index contributed by atoms with van der Waals surface area (Å²) >= 11 is 0. The summed E-state index contributed by atoms with van der Waals surface area (Å²) in [5.41, 5.74) is 0. The van der Waals surface area contributed by atoms with Gasteiger partial charge in [-0.2, -0.15) is 0 Å². The summed E-state index contributed by atoms with van der Waals surface area (Å²) in [6.07, 6.45) is 0. The van der Waals surface area contributed by atoms with E-state index in [4.69, 9.17) is 14.2 Å². The van der Waals surface area contributed by atoms with Crippen LogP contribution in [0, 0.1) is 6.07 Å². The monoisotopic (exact) mass is 225 g/mol. The van der Waals surface area contributed by atoms with Gasteiger partial charge >= 0.3 is 5.97 Å². The molecule has 0 fully saturated rings. The maximum atomic E-state index is 10.9. The zero-order valence-electron chi connectivity index (χ0n) is 9.40. The molecule has 0 saturated carbocycles. The Morgan fingerprint density at radius 1 is 1.19 bits per heavy atom. The number of methoxy groups -OCH3 is 3. The summed E-state index contributed by atoms with van der Waals surface area (Å²) < 4.78 is 19.9. The summed E-state index contributed by atoms with van der Waals surface area (Å²) in [5, 5.41) is 0. The van der Waals surface area contributed by atoms with Crippen molar-refractivity contribution in [3.63, 3.8) is 0 Å². The molecule has 1 aromatic carbocycles. The number of ether oxygens (including phenoxy) is 4. The molecule has 0 aromatic heterocycles. The largest absolute Gasteiger partial charge is 0.493 e. The smallest absolute Gasteiger partial charge is 0.343 e. The third-order valence-electron chi connectivity index (χ3n) is 1.88. The van der Waals surface area contributed by atoms with Gasteiger partial charge in [0.2, 0.25) is 5.75 Å². The van der Waals surface area contributed by atoms with Gasteiger partial charge in [0.05, 0.1) is 21.3 Å². The van der Waals surface area contributed by atoms with E-state index in [1.54, 1.807) is 12.1 Å². The molecule has 16 heavy (non-hydrogen) atoms. The van der Waals surface area contributed by atoms with E-state index in [9.17, 15) is 4.79 Å². The van der Waals surface area contributed by atoms with E-state index in [0.717, 1.165) is 0 Å². The van der Waals surface area contributed by atoms with Crippen molar-refractivity contribution in [2.75, 3.05) is 27.9 Å². The number of carbonyl (C=O) groups excluding carboxylic acids is 1. The van der Waals surface area contributed by atoms with Crippen LogP contribution in [-0.4, -0.2) is 33.9 Å². The van der Waals surface area contributed by atoms with E-state index in [2.05, 4.69) is 10.8 Å². The molecule has 0 atom stereocenters. The van der Waals surface area contributed by atoms with Gasteiger partial charge in [-0.3, -0.25) is 0 Å². The Labute approximate surface area is 93.9 Å². The number of benzene rings is 1.